The number of rotatable bonds is 3. The zero-order valence-corrected chi connectivity index (χ0v) is 11.9. The lowest BCUT2D eigenvalue weighted by molar-refractivity contribution is -0.139. The molecule has 2 aliphatic rings. The fraction of sp³-hybridized carbons (Fsp3) is 0.643. The summed E-state index contributed by atoms with van der Waals surface area (Å²) in [5, 5.41) is 7.06. The number of carbonyl (C=O) groups is 2. The van der Waals surface area contributed by atoms with Crippen molar-refractivity contribution in [3.8, 4) is 0 Å². The lowest BCUT2D eigenvalue weighted by Crippen LogP contribution is -2.56. The molecule has 2 heterocycles. The monoisotopic (exact) mass is 276 g/mol. The van der Waals surface area contributed by atoms with Crippen molar-refractivity contribution in [2.45, 2.75) is 38.3 Å². The molecule has 3 rings (SSSR count). The van der Waals surface area contributed by atoms with E-state index in [1.807, 2.05) is 20.2 Å². The van der Waals surface area contributed by atoms with Gasteiger partial charge in [-0.1, -0.05) is 0 Å². The molecule has 1 aromatic rings. The van der Waals surface area contributed by atoms with Gasteiger partial charge in [0.25, 0.3) is 0 Å². The van der Waals surface area contributed by atoms with Gasteiger partial charge >= 0.3 is 0 Å². The van der Waals surface area contributed by atoms with Crippen LogP contribution in [-0.4, -0.2) is 38.6 Å². The van der Waals surface area contributed by atoms with Crippen LogP contribution in [0.1, 0.15) is 31.7 Å². The second-order valence-electron chi connectivity index (χ2n) is 6.02. The first-order chi connectivity index (χ1) is 9.49. The molecule has 0 radical (unpaired) electrons. The highest BCUT2D eigenvalue weighted by atomic mass is 16.2. The molecule has 1 unspecified atom stereocenters. The van der Waals surface area contributed by atoms with Crippen LogP contribution in [0, 0.1) is 5.92 Å². The van der Waals surface area contributed by atoms with E-state index in [0.717, 1.165) is 18.4 Å². The van der Waals surface area contributed by atoms with E-state index in [9.17, 15) is 9.59 Å². The van der Waals surface area contributed by atoms with Gasteiger partial charge in [0.05, 0.1) is 6.20 Å². The summed E-state index contributed by atoms with van der Waals surface area (Å²) in [6, 6.07) is 0. The normalized spacial score (nSPS) is 27.4. The minimum atomic E-state index is -0.726. The first kappa shape index (κ1) is 13.1. The molecular weight excluding hydrogens is 256 g/mol. The van der Waals surface area contributed by atoms with Crippen molar-refractivity contribution in [1.82, 2.24) is 20.0 Å². The Hall–Kier alpha value is -1.85. The largest absolute Gasteiger partial charge is 0.342 e. The fourth-order valence-electron chi connectivity index (χ4n) is 2.93. The third-order valence-electron chi connectivity index (χ3n) is 4.26. The van der Waals surface area contributed by atoms with Gasteiger partial charge in [-0.2, -0.15) is 5.10 Å². The molecule has 0 spiro atoms. The second-order valence-corrected chi connectivity index (χ2v) is 6.02. The summed E-state index contributed by atoms with van der Waals surface area (Å²) >= 11 is 0. The van der Waals surface area contributed by atoms with Crippen LogP contribution in [-0.2, 0) is 23.2 Å². The van der Waals surface area contributed by atoms with Gasteiger partial charge in [-0.25, -0.2) is 0 Å². The van der Waals surface area contributed by atoms with Crippen LogP contribution in [0.25, 0.3) is 0 Å². The number of nitrogens with zero attached hydrogens (tertiary/aromatic N) is 3. The van der Waals surface area contributed by atoms with Gasteiger partial charge < -0.3 is 10.2 Å². The zero-order chi connectivity index (χ0) is 14.3. The van der Waals surface area contributed by atoms with Crippen LogP contribution in [0.5, 0.6) is 0 Å². The molecule has 1 atom stereocenters. The SMILES string of the molecule is Cn1cc(CN2CCC(=O)NC(C)(C3CC3)C2=O)cn1. The summed E-state index contributed by atoms with van der Waals surface area (Å²) < 4.78 is 1.72. The van der Waals surface area contributed by atoms with Gasteiger partial charge in [0.2, 0.25) is 11.8 Å². The number of hydrogen-bond donors (Lipinski definition) is 1. The molecule has 108 valence electrons. The molecule has 1 aromatic heterocycles. The predicted octanol–water partition coefficient (Wildman–Crippen LogP) is 0.437. The highest BCUT2D eigenvalue weighted by molar-refractivity contribution is 5.93. The third-order valence-corrected chi connectivity index (χ3v) is 4.26. The van der Waals surface area contributed by atoms with E-state index in [-0.39, 0.29) is 17.7 Å². The van der Waals surface area contributed by atoms with Crippen molar-refractivity contribution < 1.29 is 9.59 Å². The molecule has 0 aromatic carbocycles. The molecule has 20 heavy (non-hydrogen) atoms. The Labute approximate surface area is 118 Å². The zero-order valence-electron chi connectivity index (χ0n) is 11.9. The van der Waals surface area contributed by atoms with E-state index >= 15 is 0 Å². The highest BCUT2D eigenvalue weighted by Crippen LogP contribution is 2.41. The Balaban J connectivity index is 1.82. The maximum absolute atomic E-state index is 12.8. The third kappa shape index (κ3) is 2.30. The molecule has 1 N–H and O–H groups in total. The Morgan fingerprint density at radius 2 is 2.20 bits per heavy atom. The maximum atomic E-state index is 12.8. The Morgan fingerprint density at radius 3 is 2.80 bits per heavy atom. The summed E-state index contributed by atoms with van der Waals surface area (Å²) in [7, 11) is 1.85. The van der Waals surface area contributed by atoms with Gasteiger partial charge in [0.1, 0.15) is 5.54 Å². The second kappa shape index (κ2) is 4.61. The van der Waals surface area contributed by atoms with E-state index in [1.165, 1.54) is 0 Å². The Bertz CT molecular complexity index is 549. The Morgan fingerprint density at radius 1 is 1.45 bits per heavy atom. The molecular formula is C14H20N4O2. The number of amides is 2. The predicted molar refractivity (Wildman–Crippen MR) is 72.5 cm³/mol. The lowest BCUT2D eigenvalue weighted by Gasteiger charge is -2.32. The van der Waals surface area contributed by atoms with E-state index in [0.29, 0.717) is 19.5 Å². The van der Waals surface area contributed by atoms with Gasteiger partial charge in [0, 0.05) is 38.3 Å². The van der Waals surface area contributed by atoms with E-state index in [1.54, 1.807) is 15.8 Å². The fourth-order valence-corrected chi connectivity index (χ4v) is 2.93. The molecule has 1 saturated carbocycles. The van der Waals surface area contributed by atoms with Crippen LogP contribution in [0.3, 0.4) is 0 Å². The van der Waals surface area contributed by atoms with Crippen molar-refractivity contribution in [3.63, 3.8) is 0 Å². The average Bonchev–Trinajstić information content (AvgIpc) is 3.18. The van der Waals surface area contributed by atoms with Crippen molar-refractivity contribution >= 4 is 11.8 Å². The molecule has 1 aliphatic carbocycles. The van der Waals surface area contributed by atoms with Gasteiger partial charge in [-0.15, -0.1) is 0 Å². The first-order valence-corrected chi connectivity index (χ1v) is 7.07. The van der Waals surface area contributed by atoms with Gasteiger partial charge in [-0.3, -0.25) is 14.3 Å². The van der Waals surface area contributed by atoms with Crippen molar-refractivity contribution in [3.05, 3.63) is 18.0 Å². The van der Waals surface area contributed by atoms with Crippen LogP contribution in [0.2, 0.25) is 0 Å². The molecule has 2 fully saturated rings. The number of carbonyl (C=O) groups excluding carboxylic acids is 2. The van der Waals surface area contributed by atoms with E-state index in [2.05, 4.69) is 10.4 Å². The summed E-state index contributed by atoms with van der Waals surface area (Å²) in [6.45, 7) is 2.86. The topological polar surface area (TPSA) is 67.2 Å². The van der Waals surface area contributed by atoms with Gasteiger partial charge in [0.15, 0.2) is 0 Å². The molecule has 2 amide bonds. The summed E-state index contributed by atoms with van der Waals surface area (Å²) in [4.78, 5) is 26.4. The molecule has 6 nitrogen and oxygen atoms in total. The number of aromatic nitrogens is 2. The van der Waals surface area contributed by atoms with Crippen LogP contribution < -0.4 is 5.32 Å². The quantitative estimate of drug-likeness (QED) is 0.871. The summed E-state index contributed by atoms with van der Waals surface area (Å²) in [5.74, 6) is 0.296. The highest BCUT2D eigenvalue weighted by Gasteiger charge is 2.51. The summed E-state index contributed by atoms with van der Waals surface area (Å²) in [5.41, 5.74) is 0.267. The number of aryl methyl sites for hydroxylation is 1. The van der Waals surface area contributed by atoms with Crippen molar-refractivity contribution in [2.75, 3.05) is 6.54 Å². The standard InChI is InChI=1S/C14H20N4O2/c1-14(11-3-4-11)13(20)18(6-5-12(19)16-14)9-10-7-15-17(2)8-10/h7-8,11H,3-6,9H2,1-2H3,(H,16,19). The van der Waals surface area contributed by atoms with Crippen LogP contribution >= 0.6 is 0 Å². The van der Waals surface area contributed by atoms with Crippen LogP contribution in [0.15, 0.2) is 12.4 Å². The Kier molecular flexibility index (Phi) is 3.03. The van der Waals surface area contributed by atoms with Crippen molar-refractivity contribution in [2.24, 2.45) is 13.0 Å². The minimum absolute atomic E-state index is 0.0264. The molecule has 1 saturated heterocycles. The maximum Gasteiger partial charge on any atom is 0.248 e. The molecule has 1 aliphatic heterocycles. The first-order valence-electron chi connectivity index (χ1n) is 7.07. The lowest BCUT2D eigenvalue weighted by atomic mass is 9.94. The average molecular weight is 276 g/mol. The molecule has 0 bridgehead atoms. The number of nitrogens with one attached hydrogen (secondary N) is 1. The minimum Gasteiger partial charge on any atom is -0.342 e. The summed E-state index contributed by atoms with van der Waals surface area (Å²) in [6.07, 6.45) is 6.07. The van der Waals surface area contributed by atoms with E-state index < -0.39 is 5.54 Å². The molecule has 6 heteroatoms. The smallest absolute Gasteiger partial charge is 0.248 e. The number of hydrogen-bond acceptors (Lipinski definition) is 3. The van der Waals surface area contributed by atoms with Gasteiger partial charge in [-0.05, 0) is 25.7 Å². The van der Waals surface area contributed by atoms with Crippen LogP contribution in [0.4, 0.5) is 0 Å². The van der Waals surface area contributed by atoms with E-state index in [4.69, 9.17) is 0 Å². The van der Waals surface area contributed by atoms with Crippen molar-refractivity contribution in [1.29, 1.82) is 0 Å².